The van der Waals surface area contributed by atoms with Crippen LogP contribution in [-0.2, 0) is 93.1 Å². The highest BCUT2D eigenvalue weighted by molar-refractivity contribution is 7.98. The molecule has 1 saturated heterocycles. The van der Waals surface area contributed by atoms with Gasteiger partial charge >= 0.3 is 5.97 Å². The van der Waals surface area contributed by atoms with Gasteiger partial charge in [0.15, 0.2) is 0 Å². The molecular weight excluding hydrogens is 1510 g/mol. The van der Waals surface area contributed by atoms with E-state index in [0.29, 0.717) is 58.1 Å². The number of carbonyl (C=O) groups is 13. The van der Waals surface area contributed by atoms with Gasteiger partial charge < -0.3 is 100 Å². The summed E-state index contributed by atoms with van der Waals surface area (Å²) in [5.74, 6) is -11.8. The van der Waals surface area contributed by atoms with Crippen LogP contribution in [0, 0.1) is 5.41 Å². The number of aliphatic hydroxyl groups is 2. The van der Waals surface area contributed by atoms with E-state index in [0.717, 1.165) is 11.1 Å². The summed E-state index contributed by atoms with van der Waals surface area (Å²) in [5, 5.41) is 88.8. The first kappa shape index (κ1) is 90.7. The number of hydrogen-bond donors (Lipinski definition) is 19. The molecule has 2 bridgehead atoms. The number of aromatic nitrogens is 1. The van der Waals surface area contributed by atoms with Crippen molar-refractivity contribution in [2.24, 2.45) is 11.1 Å². The minimum Gasteiger partial charge on any atom is -0.508 e. The standard InChI is InChI=1S/C79H107N15O18S2/c1-8-13-55-69(103)86-57(27-28-64(100)101)70(104)87-58(34-45-19-23-51(97)24-20-45)72(106)85-56(14-9-2)71(105)93-66(44(4)96)77(111)91-62(68(80)102)41-114-40-48-16-12-15-47(33-48)39-113-32-30-63(99)92-67(79(5,6)7)78(112)90-59(35-46-21-25-52(98)26-22-46)73(107)88-61(37-50-38-81-42-83-50)75(109)94-65(43(3)95)76(110)89-60(74(108)84-55)36-49-29-31-82-54-18-11-10-17-53(49)54/h10-12,15-26,29,31,33,43-44,50,55-62,65-67,81,83,95-98H,8-9,13-14,27-28,30,32,34-42H2,1-7H3,(H2,80,102)(H,84,108)(H,85,106)(H,86,103)(H,87,104)(H,88,107)(H,89,110)(H,90,112)(H,91,111)(H,92,99)(H,93,105)(H,94,109)(H,100,101)/t43-,44-,50?,55+,56+,57+,58+,59+,60+,61+,62+,65+,66+,67-/m1/s1. The van der Waals surface area contributed by atoms with Crippen LogP contribution in [0.4, 0.5) is 0 Å². The molecule has 0 spiro atoms. The van der Waals surface area contributed by atoms with Gasteiger partial charge in [0.05, 0.1) is 17.7 Å². The molecule has 3 heterocycles. The molecule has 14 atom stereocenters. The maximum absolute atomic E-state index is 15.1. The summed E-state index contributed by atoms with van der Waals surface area (Å²) in [6.07, 6.45) is -3.91. The third-order valence-corrected chi connectivity index (χ3v) is 21.2. The molecule has 20 N–H and O–H groups in total. The lowest BCUT2D eigenvalue weighted by atomic mass is 9.85. The molecule has 1 fully saturated rings. The van der Waals surface area contributed by atoms with E-state index in [1.54, 1.807) is 65.0 Å². The number of aliphatic hydroxyl groups excluding tert-OH is 2. The van der Waals surface area contributed by atoms with Crippen LogP contribution in [0.1, 0.15) is 128 Å². The van der Waals surface area contributed by atoms with Crippen molar-refractivity contribution >= 4 is 111 Å². The summed E-state index contributed by atoms with van der Waals surface area (Å²) in [6.45, 7) is 11.6. The summed E-state index contributed by atoms with van der Waals surface area (Å²) >= 11 is 2.68. The summed E-state index contributed by atoms with van der Waals surface area (Å²) in [7, 11) is 0. The lowest BCUT2D eigenvalue weighted by Crippen LogP contribution is -2.63. The number of amides is 12. The van der Waals surface area contributed by atoms with E-state index >= 15 is 4.79 Å². The number of nitrogens with zero attached hydrogens (tertiary/aromatic N) is 1. The highest BCUT2D eigenvalue weighted by Gasteiger charge is 2.41. The van der Waals surface area contributed by atoms with Crippen LogP contribution in [0.5, 0.6) is 11.5 Å². The van der Waals surface area contributed by atoms with Gasteiger partial charge in [-0.15, -0.1) is 0 Å². The van der Waals surface area contributed by atoms with Gasteiger partial charge in [0.1, 0.15) is 78.0 Å². The van der Waals surface area contributed by atoms with Crippen LogP contribution in [0.15, 0.2) is 109 Å². The second-order valence-corrected chi connectivity index (χ2v) is 31.7. The smallest absolute Gasteiger partial charge is 0.303 e. The van der Waals surface area contributed by atoms with Gasteiger partial charge in [-0.2, -0.15) is 23.5 Å². The van der Waals surface area contributed by atoms with Crippen molar-refractivity contribution in [3.63, 3.8) is 0 Å². The number of nitrogens with two attached hydrogens (primary N) is 1. The second kappa shape index (κ2) is 44.3. The number of carboxylic acid groups (broad SMARTS) is 1. The number of hydrogen-bond acceptors (Lipinski definition) is 22. The Morgan fingerprint density at radius 3 is 1.51 bits per heavy atom. The Balaban J connectivity index is 1.25. The Labute approximate surface area is 669 Å². The Kier molecular flexibility index (Phi) is 35.2. The van der Waals surface area contributed by atoms with Crippen molar-refractivity contribution in [2.45, 2.75) is 215 Å². The number of primary amides is 1. The third kappa shape index (κ3) is 28.6. The average Bonchev–Trinajstić information content (AvgIpc) is 0.831. The third-order valence-electron chi connectivity index (χ3n) is 19.1. The van der Waals surface area contributed by atoms with E-state index in [4.69, 9.17) is 5.73 Å². The summed E-state index contributed by atoms with van der Waals surface area (Å²) < 4.78 is 0. The van der Waals surface area contributed by atoms with Crippen LogP contribution >= 0.6 is 23.5 Å². The van der Waals surface area contributed by atoms with Gasteiger partial charge in [0, 0.05) is 86.0 Å². The number of carbonyl (C=O) groups excluding carboxylic acids is 12. The monoisotopic (exact) mass is 1620 g/mol. The van der Waals surface area contributed by atoms with E-state index < -0.39 is 180 Å². The number of fused-ring (bicyclic) bond motifs is 3. The Morgan fingerprint density at radius 1 is 0.535 bits per heavy atom. The molecule has 7 rings (SSSR count). The molecule has 2 aliphatic heterocycles. The zero-order chi connectivity index (χ0) is 83.3. The topological polar surface area (TPSA) is 518 Å². The summed E-state index contributed by atoms with van der Waals surface area (Å²) in [4.78, 5) is 191. The molecule has 0 aliphatic carbocycles. The Morgan fingerprint density at radius 2 is 1.00 bits per heavy atom. The van der Waals surface area contributed by atoms with Crippen LogP contribution in [0.2, 0.25) is 0 Å². The van der Waals surface area contributed by atoms with Gasteiger partial charge in [-0.1, -0.05) is 114 Å². The lowest BCUT2D eigenvalue weighted by molar-refractivity contribution is -0.139. The van der Waals surface area contributed by atoms with Crippen LogP contribution in [0.3, 0.4) is 0 Å². The molecule has 35 heteroatoms. The molecule has 4 aromatic carbocycles. The molecule has 0 radical (unpaired) electrons. The minimum atomic E-state index is -1.87. The van der Waals surface area contributed by atoms with E-state index in [-0.39, 0.29) is 75.0 Å². The molecule has 1 aromatic heterocycles. The van der Waals surface area contributed by atoms with Gasteiger partial charge in [-0.3, -0.25) is 67.3 Å². The molecule has 1 unspecified atom stereocenters. The van der Waals surface area contributed by atoms with Crippen molar-refractivity contribution < 1.29 is 87.9 Å². The first-order valence-corrected chi connectivity index (χ1v) is 40.3. The highest BCUT2D eigenvalue weighted by atomic mass is 32.2. The summed E-state index contributed by atoms with van der Waals surface area (Å²) in [6, 6.07) is 9.68. The molecule has 618 valence electrons. The van der Waals surface area contributed by atoms with Crippen LogP contribution < -0.4 is 74.9 Å². The van der Waals surface area contributed by atoms with Crippen molar-refractivity contribution in [3.05, 3.63) is 137 Å². The average molecular weight is 1620 g/mol. The maximum Gasteiger partial charge on any atom is 0.303 e. The minimum absolute atomic E-state index is 0.0308. The first-order chi connectivity index (χ1) is 54.2. The number of phenols is 2. The van der Waals surface area contributed by atoms with Crippen LogP contribution in [-0.4, -0.2) is 217 Å². The maximum atomic E-state index is 15.1. The van der Waals surface area contributed by atoms with Gasteiger partial charge in [0.25, 0.3) is 0 Å². The SMILES string of the molecule is CCC[C@@H]1NC(=O)[C@H](Cc2ccnc3ccccc23)NC(=O)[C@H]([C@@H](C)O)NC(=O)[C@H](CC2CNCN2)NC(=O)[C@H](Cc2ccc(O)cc2)NC(=O)[C@H](C(C)(C)C)NC(=O)CCSCc2cccc(c2)CSC[C@@H](C(N)=O)NC(=O)[C@H]([C@@H](C)O)NC(=O)[C@H](CCC)NC(=O)[C@H](Cc2ccc(O)cc2)NC(=O)[C@H](CCC(=O)O)NC1=O. The Bertz CT molecular complexity index is 4160. The molecule has 33 nitrogen and oxygen atoms in total. The molecule has 5 aromatic rings. The van der Waals surface area contributed by atoms with E-state index in [2.05, 4.69) is 74.1 Å². The molecule has 114 heavy (non-hydrogen) atoms. The molecular formula is C79H107N15O18S2. The van der Waals surface area contributed by atoms with Gasteiger partial charge in [-0.25, -0.2) is 0 Å². The largest absolute Gasteiger partial charge is 0.508 e. The number of pyridine rings is 1. The van der Waals surface area contributed by atoms with E-state index in [1.807, 2.05) is 24.3 Å². The summed E-state index contributed by atoms with van der Waals surface area (Å²) in [5.41, 5.74) is 8.34. The number of aromatic hydroxyl groups is 2. The van der Waals surface area contributed by atoms with Gasteiger partial charge in [0.2, 0.25) is 70.9 Å². The zero-order valence-corrected chi connectivity index (χ0v) is 66.5. The molecule has 0 saturated carbocycles. The van der Waals surface area contributed by atoms with Crippen molar-refractivity contribution in [1.29, 1.82) is 0 Å². The molecule has 2 aliphatic rings. The predicted molar refractivity (Wildman–Crippen MR) is 427 cm³/mol. The normalized spacial score (nSPS) is 24.7. The van der Waals surface area contributed by atoms with Crippen LogP contribution in [0.25, 0.3) is 10.9 Å². The van der Waals surface area contributed by atoms with E-state index in [9.17, 15) is 83.1 Å². The fourth-order valence-corrected chi connectivity index (χ4v) is 14.7. The molecule has 12 amide bonds. The number of phenolic OH excluding ortho intramolecular Hbond substituents is 2. The fraction of sp³-hybridized carbons (Fsp3) is 0.494. The number of nitrogens with one attached hydrogen (secondary N) is 13. The van der Waals surface area contributed by atoms with Crippen molar-refractivity contribution in [1.82, 2.24) is 74.1 Å². The van der Waals surface area contributed by atoms with Gasteiger partial charge in [-0.05, 0) is 109 Å². The quantitative estimate of drug-likeness (QED) is 0.0559. The number of benzene rings is 4. The zero-order valence-electron chi connectivity index (χ0n) is 64.9. The van der Waals surface area contributed by atoms with Crippen molar-refractivity contribution in [3.8, 4) is 11.5 Å². The highest BCUT2D eigenvalue weighted by Crippen LogP contribution is 2.25. The lowest BCUT2D eigenvalue weighted by Gasteiger charge is -2.32. The van der Waals surface area contributed by atoms with E-state index in [1.165, 1.54) is 92.1 Å². The first-order valence-electron chi connectivity index (χ1n) is 38.0. The number of thioether (sulfide) groups is 2. The van der Waals surface area contributed by atoms with Crippen molar-refractivity contribution in [2.75, 3.05) is 24.7 Å². The Hall–Kier alpha value is -10.5. The number of para-hydroxylation sites is 1. The number of aliphatic carboxylic acids is 1. The number of rotatable bonds is 18. The predicted octanol–water partition coefficient (Wildman–Crippen LogP) is 0.244. The number of carboxylic acids is 1. The second-order valence-electron chi connectivity index (χ2n) is 29.6. The fourth-order valence-electron chi connectivity index (χ4n) is 12.8.